The van der Waals surface area contributed by atoms with Gasteiger partial charge in [-0.3, -0.25) is 14.6 Å². The zero-order valence-electron chi connectivity index (χ0n) is 19.1. The van der Waals surface area contributed by atoms with E-state index in [-0.39, 0.29) is 11.6 Å². The number of nitrogens with one attached hydrogen (secondary N) is 3. The van der Waals surface area contributed by atoms with Crippen LogP contribution in [0.2, 0.25) is 0 Å². The molecule has 4 aromatic rings. The molecule has 0 spiro atoms. The Hall–Kier alpha value is -4.24. The van der Waals surface area contributed by atoms with E-state index < -0.39 is 11.9 Å². The molecule has 2 amide bonds. The van der Waals surface area contributed by atoms with Gasteiger partial charge in [0, 0.05) is 42.5 Å². The molecule has 0 bridgehead atoms. The highest BCUT2D eigenvalue weighted by atomic mass is 32.1. The Bertz CT molecular complexity index is 1260. The zero-order valence-corrected chi connectivity index (χ0v) is 19.9. The van der Waals surface area contributed by atoms with Crippen molar-refractivity contribution < 1.29 is 14.3 Å². The second-order valence-corrected chi connectivity index (χ2v) is 8.54. The molecule has 0 unspecified atom stereocenters. The molecule has 0 saturated heterocycles. The van der Waals surface area contributed by atoms with Crippen LogP contribution < -0.4 is 20.7 Å². The summed E-state index contributed by atoms with van der Waals surface area (Å²) in [7, 11) is 1.60. The number of methoxy groups -OCH3 is 1. The Balaban J connectivity index is 1.43. The largest absolute Gasteiger partial charge is 0.497 e. The maximum atomic E-state index is 13.0. The fraction of sp³-hybridized carbons (Fsp3) is 0.154. The van der Waals surface area contributed by atoms with Crippen LogP contribution in [0.25, 0.3) is 0 Å². The maximum Gasteiger partial charge on any atom is 0.271 e. The number of hydrogen-bond donors (Lipinski definition) is 3. The Morgan fingerprint density at radius 2 is 1.80 bits per heavy atom. The van der Waals surface area contributed by atoms with Gasteiger partial charge in [0.05, 0.1) is 7.11 Å². The van der Waals surface area contributed by atoms with Crippen LogP contribution in [0, 0.1) is 0 Å². The van der Waals surface area contributed by atoms with Gasteiger partial charge in [0.1, 0.15) is 17.5 Å². The zero-order chi connectivity index (χ0) is 24.5. The van der Waals surface area contributed by atoms with Gasteiger partial charge >= 0.3 is 0 Å². The number of ether oxygens (including phenoxy) is 1. The summed E-state index contributed by atoms with van der Waals surface area (Å²) in [5, 5.41) is 11.1. The van der Waals surface area contributed by atoms with E-state index in [9.17, 15) is 9.59 Å². The number of hydrogen-bond acceptors (Lipinski definition) is 7. The summed E-state index contributed by atoms with van der Waals surface area (Å²) >= 11 is 1.30. The third kappa shape index (κ3) is 6.87. The molecule has 2 aromatic carbocycles. The number of thiazole rings is 1. The fourth-order valence-electron chi connectivity index (χ4n) is 3.36. The third-order valence-electron chi connectivity index (χ3n) is 5.18. The molecule has 0 radical (unpaired) electrons. The minimum atomic E-state index is -0.761. The highest BCUT2D eigenvalue weighted by Gasteiger charge is 2.23. The topological polar surface area (TPSA) is 105 Å². The molecule has 4 rings (SSSR count). The van der Waals surface area contributed by atoms with Crippen LogP contribution >= 0.6 is 11.3 Å². The van der Waals surface area contributed by atoms with Crippen LogP contribution in [0.4, 0.5) is 10.8 Å². The molecule has 2 aromatic heterocycles. The molecule has 0 aliphatic carbocycles. The average molecular weight is 488 g/mol. The van der Waals surface area contributed by atoms with E-state index in [4.69, 9.17) is 4.74 Å². The smallest absolute Gasteiger partial charge is 0.271 e. The van der Waals surface area contributed by atoms with Crippen LogP contribution in [0.15, 0.2) is 84.5 Å². The first-order valence-electron chi connectivity index (χ1n) is 11.0. The van der Waals surface area contributed by atoms with Gasteiger partial charge in [-0.05, 0) is 35.4 Å². The summed E-state index contributed by atoms with van der Waals surface area (Å²) in [6.45, 7) is 0.341. The first-order chi connectivity index (χ1) is 17.1. The molecule has 178 valence electrons. The number of carbonyl (C=O) groups excluding carboxylic acids is 2. The number of anilines is 2. The summed E-state index contributed by atoms with van der Waals surface area (Å²) < 4.78 is 5.24. The van der Waals surface area contributed by atoms with Crippen molar-refractivity contribution in [3.63, 3.8) is 0 Å². The van der Waals surface area contributed by atoms with Crippen LogP contribution in [0.5, 0.6) is 5.75 Å². The molecule has 0 aliphatic heterocycles. The van der Waals surface area contributed by atoms with Crippen LogP contribution in [-0.2, 0) is 17.8 Å². The number of aromatic nitrogens is 2. The van der Waals surface area contributed by atoms with Gasteiger partial charge in [-0.2, -0.15) is 0 Å². The monoisotopic (exact) mass is 487 g/mol. The molecular formula is C26H25N5O3S. The fourth-order valence-corrected chi connectivity index (χ4v) is 4.07. The summed E-state index contributed by atoms with van der Waals surface area (Å²) in [6.07, 6.45) is 3.70. The molecule has 3 N–H and O–H groups in total. The van der Waals surface area contributed by atoms with Gasteiger partial charge in [-0.15, -0.1) is 11.3 Å². The van der Waals surface area contributed by atoms with Gasteiger partial charge in [-0.1, -0.05) is 36.4 Å². The van der Waals surface area contributed by atoms with Crippen LogP contribution in [-0.4, -0.2) is 34.9 Å². The number of pyridine rings is 1. The summed E-state index contributed by atoms with van der Waals surface area (Å²) in [5.41, 5.74) is 2.89. The molecule has 1 atom stereocenters. The lowest BCUT2D eigenvalue weighted by molar-refractivity contribution is -0.123. The normalized spacial score (nSPS) is 11.3. The number of carbonyl (C=O) groups is 2. The Kier molecular flexibility index (Phi) is 8.03. The lowest BCUT2D eigenvalue weighted by atomic mass is 10.0. The Morgan fingerprint density at radius 3 is 2.57 bits per heavy atom. The van der Waals surface area contributed by atoms with Crippen molar-refractivity contribution in [1.29, 1.82) is 0 Å². The molecule has 8 nitrogen and oxygen atoms in total. The Morgan fingerprint density at radius 1 is 1.00 bits per heavy atom. The number of benzene rings is 2. The molecule has 2 heterocycles. The maximum absolute atomic E-state index is 13.0. The molecular weight excluding hydrogens is 462 g/mol. The molecule has 0 fully saturated rings. The van der Waals surface area contributed by atoms with Gasteiger partial charge in [0.25, 0.3) is 5.91 Å². The van der Waals surface area contributed by atoms with E-state index in [0.29, 0.717) is 23.8 Å². The van der Waals surface area contributed by atoms with Crippen LogP contribution in [0.1, 0.15) is 21.6 Å². The summed E-state index contributed by atoms with van der Waals surface area (Å²) in [5.74, 6) is 0.0231. The quantitative estimate of drug-likeness (QED) is 0.313. The summed E-state index contributed by atoms with van der Waals surface area (Å²) in [4.78, 5) is 34.4. The predicted octanol–water partition coefficient (Wildman–Crippen LogP) is 3.95. The van der Waals surface area contributed by atoms with E-state index in [0.717, 1.165) is 16.8 Å². The van der Waals surface area contributed by atoms with Crippen molar-refractivity contribution >= 4 is 34.0 Å². The van der Waals surface area contributed by atoms with Gasteiger partial charge in [0.15, 0.2) is 5.13 Å². The molecule has 0 aliphatic rings. The highest BCUT2D eigenvalue weighted by molar-refractivity contribution is 7.14. The van der Waals surface area contributed by atoms with Crippen molar-refractivity contribution in [3.8, 4) is 5.75 Å². The van der Waals surface area contributed by atoms with E-state index in [1.807, 2.05) is 66.7 Å². The van der Waals surface area contributed by atoms with Gasteiger partial charge in [-0.25, -0.2) is 4.98 Å². The van der Waals surface area contributed by atoms with Crippen LogP contribution in [0.3, 0.4) is 0 Å². The SMILES string of the molecule is COc1cccc(Nc2nc(C(=O)N[C@@H](Cc3ccccc3)C(=O)NCc3ccncc3)cs2)c1. The third-order valence-corrected chi connectivity index (χ3v) is 5.94. The van der Waals surface area contributed by atoms with Crippen molar-refractivity contribution in [2.24, 2.45) is 0 Å². The van der Waals surface area contributed by atoms with Crippen molar-refractivity contribution in [3.05, 3.63) is 101 Å². The number of rotatable bonds is 10. The predicted molar refractivity (Wildman–Crippen MR) is 136 cm³/mol. The molecule has 0 saturated carbocycles. The van der Waals surface area contributed by atoms with E-state index >= 15 is 0 Å². The van der Waals surface area contributed by atoms with E-state index in [1.165, 1.54) is 11.3 Å². The first-order valence-corrected chi connectivity index (χ1v) is 11.9. The minimum Gasteiger partial charge on any atom is -0.497 e. The lowest BCUT2D eigenvalue weighted by Gasteiger charge is -2.18. The van der Waals surface area contributed by atoms with Gasteiger partial charge in [0.2, 0.25) is 5.91 Å². The second kappa shape index (κ2) is 11.8. The number of nitrogens with zero attached hydrogens (tertiary/aromatic N) is 2. The van der Waals surface area contributed by atoms with Crippen molar-refractivity contribution in [2.75, 3.05) is 12.4 Å². The van der Waals surface area contributed by atoms with E-state index in [1.54, 1.807) is 24.9 Å². The Labute approximate surface area is 207 Å². The lowest BCUT2D eigenvalue weighted by Crippen LogP contribution is -2.47. The molecule has 35 heavy (non-hydrogen) atoms. The molecule has 9 heteroatoms. The number of amides is 2. The average Bonchev–Trinajstić information content (AvgIpc) is 3.37. The highest BCUT2D eigenvalue weighted by Crippen LogP contribution is 2.24. The standard InChI is InChI=1S/C26H25N5O3S/c1-34-21-9-5-8-20(15-21)29-26-31-23(17-35-26)25(33)30-22(14-18-6-3-2-4-7-18)24(32)28-16-19-10-12-27-13-11-19/h2-13,15,17,22H,14,16H2,1H3,(H,28,32)(H,29,31)(H,30,33)/t22-/m0/s1. The first kappa shape index (κ1) is 23.9. The van der Waals surface area contributed by atoms with Crippen molar-refractivity contribution in [2.45, 2.75) is 19.0 Å². The summed E-state index contributed by atoms with van der Waals surface area (Å²) in [6, 6.07) is 19.9. The second-order valence-electron chi connectivity index (χ2n) is 7.68. The van der Waals surface area contributed by atoms with Gasteiger partial charge < -0.3 is 20.7 Å². The minimum absolute atomic E-state index is 0.236. The van der Waals surface area contributed by atoms with E-state index in [2.05, 4.69) is 25.9 Å². The van der Waals surface area contributed by atoms with Crippen molar-refractivity contribution in [1.82, 2.24) is 20.6 Å².